The van der Waals surface area contributed by atoms with E-state index in [4.69, 9.17) is 0 Å². The molecule has 106 valence electrons. The van der Waals surface area contributed by atoms with Crippen LogP contribution in [0.15, 0.2) is 41.8 Å². The molecule has 3 nitrogen and oxygen atoms in total. The van der Waals surface area contributed by atoms with Gasteiger partial charge in [-0.1, -0.05) is 37.3 Å². The third-order valence-corrected chi connectivity index (χ3v) is 4.41. The summed E-state index contributed by atoms with van der Waals surface area (Å²) >= 11 is 1.43. The van der Waals surface area contributed by atoms with Gasteiger partial charge in [0.25, 0.3) is 5.91 Å². The van der Waals surface area contributed by atoms with Gasteiger partial charge in [-0.25, -0.2) is 0 Å². The number of hydrogen-bond acceptors (Lipinski definition) is 3. The highest BCUT2D eigenvalue weighted by Gasteiger charge is 2.29. The van der Waals surface area contributed by atoms with Crippen LogP contribution < -0.4 is 5.32 Å². The van der Waals surface area contributed by atoms with Gasteiger partial charge in [0, 0.05) is 0 Å². The average molecular weight is 289 g/mol. The molecule has 2 N–H and O–H groups in total. The lowest BCUT2D eigenvalue weighted by Crippen LogP contribution is -2.46. The molecule has 1 aromatic carbocycles. The number of aryl methyl sites for hydroxylation is 1. The van der Waals surface area contributed by atoms with Gasteiger partial charge in [-0.15, -0.1) is 11.3 Å². The quantitative estimate of drug-likeness (QED) is 0.889. The van der Waals surface area contributed by atoms with Crippen LogP contribution in [0.1, 0.15) is 34.6 Å². The summed E-state index contributed by atoms with van der Waals surface area (Å²) in [5.41, 5.74) is 1.17. The molecule has 0 aliphatic rings. The monoisotopic (exact) mass is 289 g/mol. The van der Waals surface area contributed by atoms with E-state index in [9.17, 15) is 9.90 Å². The molecule has 2 rings (SSSR count). The maximum absolute atomic E-state index is 12.4. The minimum atomic E-state index is -0.770. The van der Waals surface area contributed by atoms with E-state index in [-0.39, 0.29) is 12.5 Å². The summed E-state index contributed by atoms with van der Waals surface area (Å²) in [5, 5.41) is 14.6. The zero-order valence-corrected chi connectivity index (χ0v) is 12.5. The van der Waals surface area contributed by atoms with Crippen LogP contribution in [0.2, 0.25) is 0 Å². The Bertz CT molecular complexity index is 579. The van der Waals surface area contributed by atoms with Crippen LogP contribution in [0.4, 0.5) is 0 Å². The molecule has 1 aromatic heterocycles. The van der Waals surface area contributed by atoms with Crippen molar-refractivity contribution < 1.29 is 9.90 Å². The van der Waals surface area contributed by atoms with E-state index in [2.05, 4.69) is 5.32 Å². The van der Waals surface area contributed by atoms with Crippen molar-refractivity contribution in [3.8, 4) is 0 Å². The molecule has 1 amide bonds. The van der Waals surface area contributed by atoms with Crippen LogP contribution >= 0.6 is 11.3 Å². The van der Waals surface area contributed by atoms with Gasteiger partial charge in [0.15, 0.2) is 0 Å². The molecule has 1 unspecified atom stereocenters. The molecular weight excluding hydrogens is 270 g/mol. The fourth-order valence-electron chi connectivity index (χ4n) is 2.13. The lowest BCUT2D eigenvalue weighted by molar-refractivity contribution is 0.0853. The molecule has 2 aromatic rings. The summed E-state index contributed by atoms with van der Waals surface area (Å²) in [6.45, 7) is 3.72. The fourth-order valence-corrected chi connectivity index (χ4v) is 3.02. The van der Waals surface area contributed by atoms with E-state index in [1.807, 2.05) is 55.6 Å². The Labute approximate surface area is 123 Å². The van der Waals surface area contributed by atoms with Gasteiger partial charge in [0.1, 0.15) is 0 Å². The first kappa shape index (κ1) is 14.8. The predicted octanol–water partition coefficient (Wildman–Crippen LogP) is 2.95. The minimum absolute atomic E-state index is 0.128. The van der Waals surface area contributed by atoms with Gasteiger partial charge in [-0.05, 0) is 35.9 Å². The van der Waals surface area contributed by atoms with E-state index in [0.717, 1.165) is 22.4 Å². The summed E-state index contributed by atoms with van der Waals surface area (Å²) in [6.07, 6.45) is 0.827. The molecule has 0 fully saturated rings. The molecule has 20 heavy (non-hydrogen) atoms. The summed E-state index contributed by atoms with van der Waals surface area (Å²) in [6, 6.07) is 11.5. The van der Waals surface area contributed by atoms with Gasteiger partial charge in [-0.3, -0.25) is 4.79 Å². The first-order valence-electron chi connectivity index (χ1n) is 6.66. The number of hydrogen-bond donors (Lipinski definition) is 2. The molecule has 0 aliphatic carbocycles. The van der Waals surface area contributed by atoms with Crippen LogP contribution in [0.25, 0.3) is 0 Å². The maximum Gasteiger partial charge on any atom is 0.262 e. The Balaban J connectivity index is 2.24. The minimum Gasteiger partial charge on any atom is -0.394 e. The topological polar surface area (TPSA) is 49.3 Å². The number of thiophene rings is 1. The predicted molar refractivity (Wildman–Crippen MR) is 82.0 cm³/mol. The number of carbonyl (C=O) groups is 1. The van der Waals surface area contributed by atoms with E-state index < -0.39 is 5.54 Å². The highest BCUT2D eigenvalue weighted by Crippen LogP contribution is 2.23. The van der Waals surface area contributed by atoms with Gasteiger partial charge >= 0.3 is 0 Å². The summed E-state index contributed by atoms with van der Waals surface area (Å²) in [7, 11) is 0. The number of nitrogens with one attached hydrogen (secondary N) is 1. The van der Waals surface area contributed by atoms with Crippen molar-refractivity contribution in [2.45, 2.75) is 25.8 Å². The first-order chi connectivity index (χ1) is 9.60. The Morgan fingerprint density at radius 3 is 2.60 bits per heavy atom. The van der Waals surface area contributed by atoms with E-state index in [1.165, 1.54) is 11.3 Å². The van der Waals surface area contributed by atoms with Crippen LogP contribution in [-0.4, -0.2) is 17.6 Å². The van der Waals surface area contributed by atoms with Gasteiger partial charge in [0.2, 0.25) is 0 Å². The Hall–Kier alpha value is -1.65. The second-order valence-corrected chi connectivity index (χ2v) is 5.86. The largest absolute Gasteiger partial charge is 0.394 e. The van der Waals surface area contributed by atoms with Crippen molar-refractivity contribution in [3.63, 3.8) is 0 Å². The van der Waals surface area contributed by atoms with Crippen LogP contribution in [0.3, 0.4) is 0 Å². The molecular formula is C16H19NO2S. The first-order valence-corrected chi connectivity index (χ1v) is 7.54. The molecule has 1 atom stereocenters. The third kappa shape index (κ3) is 2.92. The van der Waals surface area contributed by atoms with Crippen molar-refractivity contribution in [2.75, 3.05) is 6.61 Å². The highest BCUT2D eigenvalue weighted by atomic mass is 32.1. The van der Waals surface area contributed by atoms with E-state index in [1.54, 1.807) is 0 Å². The highest BCUT2D eigenvalue weighted by molar-refractivity contribution is 7.12. The van der Waals surface area contributed by atoms with Crippen molar-refractivity contribution in [1.29, 1.82) is 0 Å². The second-order valence-electron chi connectivity index (χ2n) is 4.94. The third-order valence-electron chi connectivity index (χ3n) is 3.45. The zero-order valence-electron chi connectivity index (χ0n) is 11.7. The average Bonchev–Trinajstić information content (AvgIpc) is 2.96. The SMILES string of the molecule is CCc1ccsc1C(=O)NC(C)(CO)c1ccccc1. The van der Waals surface area contributed by atoms with Crippen LogP contribution in [0.5, 0.6) is 0 Å². The smallest absolute Gasteiger partial charge is 0.262 e. The van der Waals surface area contributed by atoms with E-state index >= 15 is 0 Å². The van der Waals surface area contributed by atoms with Crippen LogP contribution in [-0.2, 0) is 12.0 Å². The number of benzene rings is 1. The standard InChI is InChI=1S/C16H19NO2S/c1-3-12-9-10-20-14(12)15(19)17-16(2,11-18)13-7-5-4-6-8-13/h4-10,18H,3,11H2,1-2H3,(H,17,19). The van der Waals surface area contributed by atoms with Gasteiger partial charge in [0.05, 0.1) is 17.0 Å². The lowest BCUT2D eigenvalue weighted by Gasteiger charge is -2.29. The molecule has 1 heterocycles. The van der Waals surface area contributed by atoms with E-state index in [0.29, 0.717) is 0 Å². The number of rotatable bonds is 5. The van der Waals surface area contributed by atoms with Crippen molar-refractivity contribution in [2.24, 2.45) is 0 Å². The normalized spacial score (nSPS) is 13.8. The lowest BCUT2D eigenvalue weighted by atomic mass is 9.92. The van der Waals surface area contributed by atoms with Crippen molar-refractivity contribution >= 4 is 17.2 Å². The fraction of sp³-hybridized carbons (Fsp3) is 0.312. The summed E-state index contributed by atoms with van der Waals surface area (Å²) < 4.78 is 0. The van der Waals surface area contributed by atoms with Crippen molar-refractivity contribution in [3.05, 3.63) is 57.8 Å². The zero-order chi connectivity index (χ0) is 14.6. The number of aliphatic hydroxyl groups excluding tert-OH is 1. The molecule has 4 heteroatoms. The van der Waals surface area contributed by atoms with Crippen molar-refractivity contribution in [1.82, 2.24) is 5.32 Å². The second kappa shape index (κ2) is 6.20. The molecule has 0 spiro atoms. The molecule has 0 saturated carbocycles. The number of aliphatic hydroxyl groups is 1. The number of carbonyl (C=O) groups excluding carboxylic acids is 1. The summed E-state index contributed by atoms with van der Waals surface area (Å²) in [4.78, 5) is 13.1. The number of amides is 1. The Morgan fingerprint density at radius 1 is 1.30 bits per heavy atom. The van der Waals surface area contributed by atoms with Gasteiger partial charge in [-0.2, -0.15) is 0 Å². The Morgan fingerprint density at radius 2 is 2.00 bits per heavy atom. The molecule has 0 bridgehead atoms. The summed E-state index contributed by atoms with van der Waals surface area (Å²) in [5.74, 6) is -0.128. The molecule has 0 aliphatic heterocycles. The maximum atomic E-state index is 12.4. The molecule has 0 radical (unpaired) electrons. The van der Waals surface area contributed by atoms with Crippen LogP contribution in [0, 0.1) is 0 Å². The van der Waals surface area contributed by atoms with Gasteiger partial charge < -0.3 is 10.4 Å². The Kier molecular flexibility index (Phi) is 4.57. The molecule has 0 saturated heterocycles.